The molecule has 1 heterocycles. The molecule has 0 aromatic carbocycles. The Kier molecular flexibility index (Phi) is 3.88. The van der Waals surface area contributed by atoms with Crippen molar-refractivity contribution >= 4 is 17.6 Å². The monoisotopic (exact) mass is 229 g/mol. The van der Waals surface area contributed by atoms with Crippen LogP contribution < -0.4 is 5.32 Å². The Labute approximate surface area is 92.6 Å². The molecule has 1 aromatic heterocycles. The van der Waals surface area contributed by atoms with Gasteiger partial charge in [-0.25, -0.2) is 9.78 Å². The standard InChI is InChI=1S/C9H12ClN3O2/c1-6(13(15)9(14)11-2)7-3-4-8(10)12-5-7/h3-6,15H,1-2H3,(H,11,14). The maximum absolute atomic E-state index is 11.1. The Bertz CT molecular complexity index is 342. The number of carbonyl (C=O) groups excluding carboxylic acids is 1. The molecule has 0 fully saturated rings. The number of urea groups is 1. The van der Waals surface area contributed by atoms with Crippen LogP contribution in [0.5, 0.6) is 0 Å². The lowest BCUT2D eigenvalue weighted by molar-refractivity contribution is -0.0738. The first-order valence-corrected chi connectivity index (χ1v) is 4.75. The van der Waals surface area contributed by atoms with Gasteiger partial charge in [0, 0.05) is 13.2 Å². The van der Waals surface area contributed by atoms with Crippen molar-refractivity contribution in [2.24, 2.45) is 0 Å². The molecule has 0 aliphatic rings. The first-order valence-electron chi connectivity index (χ1n) is 4.37. The van der Waals surface area contributed by atoms with Gasteiger partial charge in [0.2, 0.25) is 0 Å². The summed E-state index contributed by atoms with van der Waals surface area (Å²) in [5, 5.41) is 12.8. The summed E-state index contributed by atoms with van der Waals surface area (Å²) in [6.07, 6.45) is 1.51. The van der Waals surface area contributed by atoms with Gasteiger partial charge in [0.05, 0.1) is 6.04 Å². The molecule has 1 rings (SSSR count). The molecule has 0 aliphatic carbocycles. The van der Waals surface area contributed by atoms with E-state index in [4.69, 9.17) is 11.6 Å². The van der Waals surface area contributed by atoms with Gasteiger partial charge in [-0.2, -0.15) is 5.06 Å². The number of pyridine rings is 1. The number of nitrogens with zero attached hydrogens (tertiary/aromatic N) is 2. The highest BCUT2D eigenvalue weighted by atomic mass is 35.5. The van der Waals surface area contributed by atoms with Crippen molar-refractivity contribution in [1.82, 2.24) is 15.4 Å². The normalized spacial score (nSPS) is 12.0. The second kappa shape index (κ2) is 4.95. The van der Waals surface area contributed by atoms with Crippen molar-refractivity contribution in [2.75, 3.05) is 7.05 Å². The highest BCUT2D eigenvalue weighted by Crippen LogP contribution is 2.18. The van der Waals surface area contributed by atoms with Crippen molar-refractivity contribution < 1.29 is 10.0 Å². The molecule has 15 heavy (non-hydrogen) atoms. The fourth-order valence-electron chi connectivity index (χ4n) is 1.07. The Balaban J connectivity index is 2.80. The first-order chi connectivity index (χ1) is 7.06. The Morgan fingerprint density at radius 1 is 1.67 bits per heavy atom. The number of amides is 2. The van der Waals surface area contributed by atoms with E-state index in [1.54, 1.807) is 19.1 Å². The average Bonchev–Trinajstić information content (AvgIpc) is 2.27. The summed E-state index contributed by atoms with van der Waals surface area (Å²) < 4.78 is 0. The molecule has 1 atom stereocenters. The maximum Gasteiger partial charge on any atom is 0.341 e. The third-order valence-electron chi connectivity index (χ3n) is 2.02. The minimum atomic E-state index is -0.572. The molecular weight excluding hydrogens is 218 g/mol. The molecule has 0 aliphatic heterocycles. The van der Waals surface area contributed by atoms with E-state index in [-0.39, 0.29) is 0 Å². The molecule has 0 radical (unpaired) electrons. The smallest absolute Gasteiger partial charge is 0.339 e. The zero-order chi connectivity index (χ0) is 11.4. The molecule has 6 heteroatoms. The molecule has 5 nitrogen and oxygen atoms in total. The van der Waals surface area contributed by atoms with E-state index in [1.165, 1.54) is 13.2 Å². The number of hydrogen-bond acceptors (Lipinski definition) is 3. The quantitative estimate of drug-likeness (QED) is 0.462. The van der Waals surface area contributed by atoms with Crippen LogP contribution in [-0.2, 0) is 0 Å². The minimum absolute atomic E-state index is 0.371. The zero-order valence-corrected chi connectivity index (χ0v) is 9.19. The number of hydrogen-bond donors (Lipinski definition) is 2. The van der Waals surface area contributed by atoms with Crippen molar-refractivity contribution in [3.8, 4) is 0 Å². The highest BCUT2D eigenvalue weighted by Gasteiger charge is 2.18. The third kappa shape index (κ3) is 2.81. The molecule has 2 amide bonds. The molecule has 0 saturated carbocycles. The topological polar surface area (TPSA) is 65.5 Å². The summed E-state index contributed by atoms with van der Waals surface area (Å²) in [4.78, 5) is 15.0. The highest BCUT2D eigenvalue weighted by molar-refractivity contribution is 6.29. The summed E-state index contributed by atoms with van der Waals surface area (Å²) in [6, 6.07) is 2.25. The molecule has 82 valence electrons. The summed E-state index contributed by atoms with van der Waals surface area (Å²) in [7, 11) is 1.44. The first kappa shape index (κ1) is 11.7. The molecule has 0 spiro atoms. The second-order valence-electron chi connectivity index (χ2n) is 2.99. The van der Waals surface area contributed by atoms with Crippen LogP contribution >= 0.6 is 11.6 Å². The fourth-order valence-corrected chi connectivity index (χ4v) is 1.18. The van der Waals surface area contributed by atoms with Crippen LogP contribution in [0.2, 0.25) is 5.15 Å². The van der Waals surface area contributed by atoms with Gasteiger partial charge in [0.1, 0.15) is 5.15 Å². The molecule has 0 bridgehead atoms. The van der Waals surface area contributed by atoms with Gasteiger partial charge in [-0.15, -0.1) is 0 Å². The van der Waals surface area contributed by atoms with E-state index in [9.17, 15) is 10.0 Å². The number of nitrogens with one attached hydrogen (secondary N) is 1. The van der Waals surface area contributed by atoms with Gasteiger partial charge in [-0.1, -0.05) is 17.7 Å². The van der Waals surface area contributed by atoms with E-state index in [1.807, 2.05) is 0 Å². The van der Waals surface area contributed by atoms with Crippen molar-refractivity contribution in [2.45, 2.75) is 13.0 Å². The number of carbonyl (C=O) groups is 1. The van der Waals surface area contributed by atoms with Crippen LogP contribution in [-0.4, -0.2) is 28.3 Å². The van der Waals surface area contributed by atoms with Gasteiger partial charge in [0.25, 0.3) is 0 Å². The predicted molar refractivity (Wildman–Crippen MR) is 55.7 cm³/mol. The van der Waals surface area contributed by atoms with Gasteiger partial charge in [0.15, 0.2) is 0 Å². The van der Waals surface area contributed by atoms with Crippen LogP contribution in [0, 0.1) is 0 Å². The van der Waals surface area contributed by atoms with Gasteiger partial charge >= 0.3 is 6.03 Å². The SMILES string of the molecule is CNC(=O)N(O)C(C)c1ccc(Cl)nc1. The van der Waals surface area contributed by atoms with Crippen molar-refractivity contribution in [1.29, 1.82) is 0 Å². The van der Waals surface area contributed by atoms with Gasteiger partial charge in [-0.05, 0) is 18.6 Å². The number of hydroxylamine groups is 2. The van der Waals surface area contributed by atoms with Crippen LogP contribution in [0.3, 0.4) is 0 Å². The van der Waals surface area contributed by atoms with Crippen LogP contribution in [0.4, 0.5) is 4.79 Å². The van der Waals surface area contributed by atoms with Crippen molar-refractivity contribution in [3.63, 3.8) is 0 Å². The lowest BCUT2D eigenvalue weighted by Gasteiger charge is -2.21. The summed E-state index contributed by atoms with van der Waals surface area (Å²) in [6.45, 7) is 1.68. The lowest BCUT2D eigenvalue weighted by atomic mass is 10.1. The number of rotatable bonds is 2. The number of aromatic nitrogens is 1. The maximum atomic E-state index is 11.1. The lowest BCUT2D eigenvalue weighted by Crippen LogP contribution is -2.37. The van der Waals surface area contributed by atoms with E-state index < -0.39 is 12.1 Å². The predicted octanol–water partition coefficient (Wildman–Crippen LogP) is 1.83. The Hall–Kier alpha value is -1.33. The molecule has 1 aromatic rings. The molecule has 0 saturated heterocycles. The largest absolute Gasteiger partial charge is 0.341 e. The fraction of sp³-hybridized carbons (Fsp3) is 0.333. The summed E-state index contributed by atoms with van der Waals surface area (Å²) in [5.74, 6) is 0. The number of halogens is 1. The second-order valence-corrected chi connectivity index (χ2v) is 3.38. The molecule has 1 unspecified atom stereocenters. The molecule has 2 N–H and O–H groups in total. The summed E-state index contributed by atoms with van der Waals surface area (Å²) >= 11 is 5.62. The van der Waals surface area contributed by atoms with E-state index in [2.05, 4.69) is 10.3 Å². The Morgan fingerprint density at radius 3 is 2.80 bits per heavy atom. The van der Waals surface area contributed by atoms with E-state index in [0.717, 1.165) is 0 Å². The van der Waals surface area contributed by atoms with Gasteiger partial charge in [-0.3, -0.25) is 5.21 Å². The minimum Gasteiger partial charge on any atom is -0.339 e. The average molecular weight is 230 g/mol. The van der Waals surface area contributed by atoms with Crippen molar-refractivity contribution in [3.05, 3.63) is 29.0 Å². The van der Waals surface area contributed by atoms with Gasteiger partial charge < -0.3 is 5.32 Å². The van der Waals surface area contributed by atoms with Crippen LogP contribution in [0.15, 0.2) is 18.3 Å². The zero-order valence-electron chi connectivity index (χ0n) is 8.44. The Morgan fingerprint density at radius 2 is 2.33 bits per heavy atom. The van der Waals surface area contributed by atoms with E-state index in [0.29, 0.717) is 15.8 Å². The van der Waals surface area contributed by atoms with Crippen LogP contribution in [0.1, 0.15) is 18.5 Å². The third-order valence-corrected chi connectivity index (χ3v) is 2.25. The summed E-state index contributed by atoms with van der Waals surface area (Å²) in [5.41, 5.74) is 0.700. The van der Waals surface area contributed by atoms with E-state index >= 15 is 0 Å². The van der Waals surface area contributed by atoms with Crippen LogP contribution in [0.25, 0.3) is 0 Å². The molecular formula is C9H12ClN3O2.